The predicted molar refractivity (Wildman–Crippen MR) is 108 cm³/mol. The molecule has 1 aliphatic heterocycles. The van der Waals surface area contributed by atoms with Crippen molar-refractivity contribution >= 4 is 29.5 Å². The molecule has 1 aliphatic rings. The fourth-order valence-electron chi connectivity index (χ4n) is 2.66. The first-order chi connectivity index (χ1) is 13.2. The Hall–Kier alpha value is -2.59. The van der Waals surface area contributed by atoms with E-state index >= 15 is 0 Å². The van der Waals surface area contributed by atoms with Gasteiger partial charge >= 0.3 is 5.97 Å². The number of ether oxygens (including phenoxy) is 2. The highest BCUT2D eigenvalue weighted by molar-refractivity contribution is 6.30. The Balaban J connectivity index is 1.63. The SMILES string of the molecule is CCCCCCOc1ccc(/C=C2\N=C(c3ccc(Cl)cc3)OC2=O)cc1. The van der Waals surface area contributed by atoms with Gasteiger partial charge in [-0.25, -0.2) is 9.79 Å². The van der Waals surface area contributed by atoms with E-state index in [1.807, 2.05) is 24.3 Å². The van der Waals surface area contributed by atoms with Crippen molar-refractivity contribution in [3.63, 3.8) is 0 Å². The van der Waals surface area contributed by atoms with Gasteiger partial charge in [0.1, 0.15) is 5.75 Å². The highest BCUT2D eigenvalue weighted by atomic mass is 35.5. The van der Waals surface area contributed by atoms with E-state index in [0.717, 1.165) is 24.3 Å². The number of hydrogen-bond acceptors (Lipinski definition) is 4. The Morgan fingerprint density at radius 2 is 1.78 bits per heavy atom. The summed E-state index contributed by atoms with van der Waals surface area (Å²) in [6, 6.07) is 14.6. The maximum absolute atomic E-state index is 12.1. The van der Waals surface area contributed by atoms with E-state index in [0.29, 0.717) is 10.6 Å². The van der Waals surface area contributed by atoms with Crippen molar-refractivity contribution in [1.82, 2.24) is 0 Å². The van der Waals surface area contributed by atoms with Gasteiger partial charge in [-0.3, -0.25) is 0 Å². The number of cyclic esters (lactones) is 1. The van der Waals surface area contributed by atoms with Crippen LogP contribution in [0.2, 0.25) is 5.02 Å². The highest BCUT2D eigenvalue weighted by Gasteiger charge is 2.24. The molecule has 3 rings (SSSR count). The molecule has 4 nitrogen and oxygen atoms in total. The average molecular weight is 384 g/mol. The quantitative estimate of drug-likeness (QED) is 0.336. The molecule has 0 atom stereocenters. The van der Waals surface area contributed by atoms with E-state index in [1.54, 1.807) is 30.3 Å². The molecule has 2 aromatic carbocycles. The standard InChI is InChI=1S/C22H22ClNO3/c1-2-3-4-5-14-26-19-12-6-16(7-13-19)15-20-22(25)27-21(24-20)17-8-10-18(23)11-9-17/h6-13,15H,2-5,14H2,1H3/b20-15-. The van der Waals surface area contributed by atoms with Crippen molar-refractivity contribution < 1.29 is 14.3 Å². The first-order valence-corrected chi connectivity index (χ1v) is 9.55. The van der Waals surface area contributed by atoms with Gasteiger partial charge in [0.15, 0.2) is 5.70 Å². The number of benzene rings is 2. The average Bonchev–Trinajstić information content (AvgIpc) is 3.04. The zero-order chi connectivity index (χ0) is 19.1. The fraction of sp³-hybridized carbons (Fsp3) is 0.273. The van der Waals surface area contributed by atoms with Crippen molar-refractivity contribution in [3.8, 4) is 5.75 Å². The number of aliphatic imine (C=N–C) groups is 1. The first-order valence-electron chi connectivity index (χ1n) is 9.17. The van der Waals surface area contributed by atoms with Gasteiger partial charge in [0.2, 0.25) is 5.90 Å². The molecule has 0 aromatic heterocycles. The summed E-state index contributed by atoms with van der Waals surface area (Å²) in [7, 11) is 0. The minimum Gasteiger partial charge on any atom is -0.494 e. The minimum atomic E-state index is -0.462. The molecular formula is C22H22ClNO3. The van der Waals surface area contributed by atoms with Crippen LogP contribution in [-0.2, 0) is 9.53 Å². The maximum Gasteiger partial charge on any atom is 0.363 e. The van der Waals surface area contributed by atoms with Crippen molar-refractivity contribution in [3.05, 3.63) is 70.4 Å². The van der Waals surface area contributed by atoms with Crippen LogP contribution in [0.15, 0.2) is 59.2 Å². The second-order valence-corrected chi connectivity index (χ2v) is 6.76. The molecule has 2 aromatic rings. The molecule has 0 spiro atoms. The molecule has 140 valence electrons. The summed E-state index contributed by atoms with van der Waals surface area (Å²) in [6.07, 6.45) is 6.42. The van der Waals surface area contributed by atoms with Crippen LogP contribution in [0.25, 0.3) is 6.08 Å². The molecule has 0 unspecified atom stereocenters. The van der Waals surface area contributed by atoms with Crippen molar-refractivity contribution in [2.45, 2.75) is 32.6 Å². The first kappa shape index (κ1) is 19.2. The van der Waals surface area contributed by atoms with Gasteiger partial charge < -0.3 is 9.47 Å². The summed E-state index contributed by atoms with van der Waals surface area (Å²) < 4.78 is 11.0. The van der Waals surface area contributed by atoms with Crippen LogP contribution in [0.4, 0.5) is 0 Å². The lowest BCUT2D eigenvalue weighted by Crippen LogP contribution is -2.05. The minimum absolute atomic E-state index is 0.271. The molecule has 0 saturated carbocycles. The largest absolute Gasteiger partial charge is 0.494 e. The lowest BCUT2D eigenvalue weighted by atomic mass is 10.2. The van der Waals surface area contributed by atoms with E-state index in [2.05, 4.69) is 11.9 Å². The highest BCUT2D eigenvalue weighted by Crippen LogP contribution is 2.21. The second-order valence-electron chi connectivity index (χ2n) is 6.32. The van der Waals surface area contributed by atoms with Gasteiger partial charge in [-0.1, -0.05) is 49.9 Å². The van der Waals surface area contributed by atoms with E-state index < -0.39 is 5.97 Å². The number of esters is 1. The van der Waals surface area contributed by atoms with Crippen LogP contribution in [0, 0.1) is 0 Å². The normalized spacial score (nSPS) is 15.0. The van der Waals surface area contributed by atoms with E-state index in [4.69, 9.17) is 21.1 Å². The topological polar surface area (TPSA) is 47.9 Å². The van der Waals surface area contributed by atoms with Crippen LogP contribution >= 0.6 is 11.6 Å². The summed E-state index contributed by atoms with van der Waals surface area (Å²) in [5.74, 6) is 0.652. The van der Waals surface area contributed by atoms with Gasteiger partial charge in [-0.15, -0.1) is 0 Å². The third kappa shape index (κ3) is 5.44. The monoisotopic (exact) mass is 383 g/mol. The smallest absolute Gasteiger partial charge is 0.363 e. The zero-order valence-electron chi connectivity index (χ0n) is 15.3. The molecule has 0 bridgehead atoms. The van der Waals surface area contributed by atoms with E-state index in [1.165, 1.54) is 19.3 Å². The molecular weight excluding hydrogens is 362 g/mol. The molecule has 0 radical (unpaired) electrons. The molecule has 0 aliphatic carbocycles. The summed E-state index contributed by atoms with van der Waals surface area (Å²) in [4.78, 5) is 16.4. The molecule has 0 fully saturated rings. The van der Waals surface area contributed by atoms with Gasteiger partial charge in [0.05, 0.1) is 6.61 Å². The predicted octanol–water partition coefficient (Wildman–Crippen LogP) is 5.64. The lowest BCUT2D eigenvalue weighted by Gasteiger charge is -2.06. The molecule has 0 amide bonds. The number of rotatable bonds is 8. The Labute approximate surface area is 164 Å². The lowest BCUT2D eigenvalue weighted by molar-refractivity contribution is -0.129. The molecule has 1 heterocycles. The third-order valence-electron chi connectivity index (χ3n) is 4.16. The Morgan fingerprint density at radius 1 is 1.04 bits per heavy atom. The molecule has 27 heavy (non-hydrogen) atoms. The van der Waals surface area contributed by atoms with Gasteiger partial charge in [-0.05, 0) is 54.5 Å². The second kappa shape index (κ2) is 9.38. The Morgan fingerprint density at radius 3 is 2.48 bits per heavy atom. The summed E-state index contributed by atoms with van der Waals surface area (Å²) in [6.45, 7) is 2.91. The van der Waals surface area contributed by atoms with Crippen LogP contribution in [-0.4, -0.2) is 18.5 Å². The summed E-state index contributed by atoms with van der Waals surface area (Å²) >= 11 is 5.88. The maximum atomic E-state index is 12.1. The van der Waals surface area contributed by atoms with E-state index in [9.17, 15) is 4.79 Å². The third-order valence-corrected chi connectivity index (χ3v) is 4.41. The summed E-state index contributed by atoms with van der Waals surface area (Å²) in [5.41, 5.74) is 1.84. The number of unbranched alkanes of at least 4 members (excludes halogenated alkanes) is 3. The van der Waals surface area contributed by atoms with Crippen LogP contribution in [0.3, 0.4) is 0 Å². The number of halogens is 1. The fourth-order valence-corrected chi connectivity index (χ4v) is 2.79. The molecule has 0 saturated heterocycles. The number of hydrogen-bond donors (Lipinski definition) is 0. The van der Waals surface area contributed by atoms with Crippen LogP contribution < -0.4 is 4.74 Å². The van der Waals surface area contributed by atoms with Crippen LogP contribution in [0.5, 0.6) is 5.75 Å². The van der Waals surface area contributed by atoms with Crippen molar-refractivity contribution in [1.29, 1.82) is 0 Å². The number of nitrogens with zero attached hydrogens (tertiary/aromatic N) is 1. The summed E-state index contributed by atoms with van der Waals surface area (Å²) in [5, 5.41) is 0.618. The van der Waals surface area contributed by atoms with Crippen molar-refractivity contribution in [2.75, 3.05) is 6.61 Å². The van der Waals surface area contributed by atoms with Gasteiger partial charge in [-0.2, -0.15) is 0 Å². The Kier molecular flexibility index (Phi) is 6.66. The zero-order valence-corrected chi connectivity index (χ0v) is 16.0. The Bertz CT molecular complexity index is 839. The van der Waals surface area contributed by atoms with Gasteiger partial charge in [0, 0.05) is 10.6 Å². The molecule has 0 N–H and O–H groups in total. The number of carbonyl (C=O) groups excluding carboxylic acids is 1. The van der Waals surface area contributed by atoms with Crippen LogP contribution in [0.1, 0.15) is 43.7 Å². The van der Waals surface area contributed by atoms with Gasteiger partial charge in [0.25, 0.3) is 0 Å². The van der Waals surface area contributed by atoms with E-state index in [-0.39, 0.29) is 11.6 Å². The molecule has 5 heteroatoms. The van der Waals surface area contributed by atoms with Crippen molar-refractivity contribution in [2.24, 2.45) is 4.99 Å². The number of carbonyl (C=O) groups is 1.